The van der Waals surface area contributed by atoms with Crippen molar-refractivity contribution in [3.05, 3.63) is 52.6 Å². The molecule has 0 unspecified atom stereocenters. The Bertz CT molecular complexity index is 828. The number of nitrogens with zero attached hydrogens (tertiary/aromatic N) is 3. The molecule has 0 saturated heterocycles. The minimum atomic E-state index is -0.385. The molecule has 6 heteroatoms. The molecule has 2 aromatic rings. The summed E-state index contributed by atoms with van der Waals surface area (Å²) in [6.07, 6.45) is 3.39. The number of carbonyl (C=O) groups is 1. The van der Waals surface area contributed by atoms with Gasteiger partial charge in [-0.15, -0.1) is 0 Å². The van der Waals surface area contributed by atoms with Crippen molar-refractivity contribution >= 4 is 12.0 Å². The maximum absolute atomic E-state index is 13.1. The van der Waals surface area contributed by atoms with Gasteiger partial charge in [0, 0.05) is 17.8 Å². The monoisotopic (exact) mass is 340 g/mol. The Hall–Kier alpha value is -2.94. The van der Waals surface area contributed by atoms with Gasteiger partial charge in [0.25, 0.3) is 5.91 Å². The maximum Gasteiger partial charge on any atom is 0.261 e. The molecule has 1 amide bonds. The number of carbonyl (C=O) groups excluding carboxylic acids is 1. The molecule has 2 rings (SSSR count). The number of nitrogens with one attached hydrogen (secondary N) is 1. The highest BCUT2D eigenvalue weighted by Crippen LogP contribution is 2.21. The quantitative estimate of drug-likeness (QED) is 0.497. The first-order valence-corrected chi connectivity index (χ1v) is 8.20. The van der Waals surface area contributed by atoms with Crippen LogP contribution in [0, 0.1) is 31.0 Å². The van der Waals surface area contributed by atoms with Gasteiger partial charge in [0.05, 0.1) is 11.4 Å². The molecule has 25 heavy (non-hydrogen) atoms. The molecule has 130 valence electrons. The summed E-state index contributed by atoms with van der Waals surface area (Å²) in [5.41, 5.74) is 2.94. The lowest BCUT2D eigenvalue weighted by atomic mass is 10.1. The normalized spacial score (nSPS) is 11.2. The van der Waals surface area contributed by atoms with Gasteiger partial charge in [-0.2, -0.15) is 10.4 Å². The van der Waals surface area contributed by atoms with Crippen LogP contribution in [0.25, 0.3) is 11.8 Å². The molecule has 1 aromatic carbocycles. The zero-order valence-electron chi connectivity index (χ0n) is 14.6. The predicted molar refractivity (Wildman–Crippen MR) is 94.5 cm³/mol. The number of hydrogen-bond acceptors (Lipinski definition) is 3. The predicted octanol–water partition coefficient (Wildman–Crippen LogP) is 3.45. The van der Waals surface area contributed by atoms with Crippen LogP contribution in [-0.2, 0) is 4.79 Å². The van der Waals surface area contributed by atoms with E-state index in [1.165, 1.54) is 12.1 Å². The molecule has 1 N–H and O–H groups in total. The SMILES string of the molecule is CCCCNC(=O)C(C#N)=Cc1c(C)nn(-c2ccc(F)cc2)c1C. The van der Waals surface area contributed by atoms with E-state index in [1.54, 1.807) is 22.9 Å². The first kappa shape index (κ1) is 18.4. The highest BCUT2D eigenvalue weighted by atomic mass is 19.1. The molecule has 0 radical (unpaired) electrons. The van der Waals surface area contributed by atoms with E-state index in [1.807, 2.05) is 26.8 Å². The molecule has 0 atom stereocenters. The summed E-state index contributed by atoms with van der Waals surface area (Å²) in [7, 11) is 0. The summed E-state index contributed by atoms with van der Waals surface area (Å²) < 4.78 is 14.8. The molecule has 0 fully saturated rings. The Morgan fingerprint density at radius 3 is 2.64 bits per heavy atom. The Kier molecular flexibility index (Phi) is 6.07. The second-order valence-corrected chi connectivity index (χ2v) is 5.75. The molecule has 1 heterocycles. The van der Waals surface area contributed by atoms with Crippen molar-refractivity contribution < 1.29 is 9.18 Å². The van der Waals surface area contributed by atoms with Gasteiger partial charge in [-0.3, -0.25) is 4.79 Å². The summed E-state index contributed by atoms with van der Waals surface area (Å²) in [6.45, 7) is 6.23. The summed E-state index contributed by atoms with van der Waals surface area (Å²) in [5, 5.41) is 16.5. The number of rotatable bonds is 6. The lowest BCUT2D eigenvalue weighted by Gasteiger charge is -2.05. The summed E-state index contributed by atoms with van der Waals surface area (Å²) in [4.78, 5) is 12.1. The number of hydrogen-bond donors (Lipinski definition) is 1. The van der Waals surface area contributed by atoms with Gasteiger partial charge in [0.1, 0.15) is 17.5 Å². The largest absolute Gasteiger partial charge is 0.351 e. The van der Waals surface area contributed by atoms with E-state index in [0.29, 0.717) is 23.5 Å². The van der Waals surface area contributed by atoms with Crippen molar-refractivity contribution in [3.63, 3.8) is 0 Å². The molecule has 5 nitrogen and oxygen atoms in total. The van der Waals surface area contributed by atoms with Gasteiger partial charge in [-0.05, 0) is 50.6 Å². The number of nitriles is 1. The minimum Gasteiger partial charge on any atom is -0.351 e. The molecule has 0 aliphatic rings. The molecular formula is C19H21FN4O. The van der Waals surface area contributed by atoms with Gasteiger partial charge in [-0.1, -0.05) is 13.3 Å². The minimum absolute atomic E-state index is 0.0426. The van der Waals surface area contributed by atoms with Gasteiger partial charge in [0.15, 0.2) is 0 Å². The summed E-state index contributed by atoms with van der Waals surface area (Å²) in [6, 6.07) is 7.94. The first-order chi connectivity index (χ1) is 12.0. The lowest BCUT2D eigenvalue weighted by molar-refractivity contribution is -0.117. The zero-order chi connectivity index (χ0) is 18.4. The van der Waals surface area contributed by atoms with Gasteiger partial charge in [0.2, 0.25) is 0 Å². The van der Waals surface area contributed by atoms with E-state index in [2.05, 4.69) is 10.4 Å². The second kappa shape index (κ2) is 8.25. The third-order valence-corrected chi connectivity index (χ3v) is 3.89. The van der Waals surface area contributed by atoms with Crippen LogP contribution in [0.3, 0.4) is 0 Å². The van der Waals surface area contributed by atoms with E-state index in [0.717, 1.165) is 18.5 Å². The summed E-state index contributed by atoms with van der Waals surface area (Å²) >= 11 is 0. The Labute approximate surface area is 146 Å². The topological polar surface area (TPSA) is 70.7 Å². The molecule has 1 aromatic heterocycles. The second-order valence-electron chi connectivity index (χ2n) is 5.75. The highest BCUT2D eigenvalue weighted by Gasteiger charge is 2.15. The van der Waals surface area contributed by atoms with E-state index < -0.39 is 0 Å². The Balaban J connectivity index is 2.34. The lowest BCUT2D eigenvalue weighted by Crippen LogP contribution is -2.25. The molecule has 0 aliphatic carbocycles. The molecule has 0 bridgehead atoms. The Morgan fingerprint density at radius 1 is 1.36 bits per heavy atom. The van der Waals surface area contributed by atoms with E-state index in [-0.39, 0.29) is 17.3 Å². The number of benzene rings is 1. The molecular weight excluding hydrogens is 319 g/mol. The number of aromatic nitrogens is 2. The zero-order valence-corrected chi connectivity index (χ0v) is 14.6. The average Bonchev–Trinajstić information content (AvgIpc) is 2.88. The van der Waals surface area contributed by atoms with Crippen molar-refractivity contribution in [3.8, 4) is 11.8 Å². The van der Waals surface area contributed by atoms with Gasteiger partial charge < -0.3 is 5.32 Å². The number of halogens is 1. The van der Waals surface area contributed by atoms with Crippen molar-refractivity contribution in [1.82, 2.24) is 15.1 Å². The third-order valence-electron chi connectivity index (χ3n) is 3.89. The highest BCUT2D eigenvalue weighted by molar-refractivity contribution is 6.01. The third kappa shape index (κ3) is 4.32. The van der Waals surface area contributed by atoms with Crippen LogP contribution in [-0.4, -0.2) is 22.2 Å². The standard InChI is InChI=1S/C19H21FN4O/c1-4-5-10-22-19(25)15(12-21)11-18-13(2)23-24(14(18)3)17-8-6-16(20)7-9-17/h6-9,11H,4-5,10H2,1-3H3,(H,22,25). The van der Waals surface area contributed by atoms with E-state index in [9.17, 15) is 14.4 Å². The fourth-order valence-corrected chi connectivity index (χ4v) is 2.46. The van der Waals surface area contributed by atoms with E-state index in [4.69, 9.17) is 0 Å². The van der Waals surface area contributed by atoms with Crippen LogP contribution in [0.4, 0.5) is 4.39 Å². The number of aryl methyl sites for hydroxylation is 1. The Morgan fingerprint density at radius 2 is 2.04 bits per heavy atom. The molecule has 0 aliphatic heterocycles. The van der Waals surface area contributed by atoms with Crippen molar-refractivity contribution in [1.29, 1.82) is 5.26 Å². The van der Waals surface area contributed by atoms with Crippen LogP contribution >= 0.6 is 0 Å². The van der Waals surface area contributed by atoms with Gasteiger partial charge >= 0.3 is 0 Å². The molecule has 0 saturated carbocycles. The van der Waals surface area contributed by atoms with Crippen molar-refractivity contribution in [2.24, 2.45) is 0 Å². The van der Waals surface area contributed by atoms with Crippen molar-refractivity contribution in [2.75, 3.05) is 6.54 Å². The summed E-state index contributed by atoms with van der Waals surface area (Å²) in [5.74, 6) is -0.704. The smallest absolute Gasteiger partial charge is 0.261 e. The van der Waals surface area contributed by atoms with Gasteiger partial charge in [-0.25, -0.2) is 9.07 Å². The maximum atomic E-state index is 13.1. The molecule has 0 spiro atoms. The average molecular weight is 340 g/mol. The van der Waals surface area contributed by atoms with Crippen LogP contribution in [0.15, 0.2) is 29.8 Å². The van der Waals surface area contributed by atoms with Crippen LogP contribution in [0.5, 0.6) is 0 Å². The van der Waals surface area contributed by atoms with Crippen LogP contribution in [0.2, 0.25) is 0 Å². The fourth-order valence-electron chi connectivity index (χ4n) is 2.46. The van der Waals surface area contributed by atoms with E-state index >= 15 is 0 Å². The van der Waals surface area contributed by atoms with Crippen molar-refractivity contribution in [2.45, 2.75) is 33.6 Å². The van der Waals surface area contributed by atoms with Crippen LogP contribution < -0.4 is 5.32 Å². The fraction of sp³-hybridized carbons (Fsp3) is 0.316. The number of unbranched alkanes of at least 4 members (excludes halogenated alkanes) is 1. The first-order valence-electron chi connectivity index (χ1n) is 8.20. The van der Waals surface area contributed by atoms with Crippen LogP contribution in [0.1, 0.15) is 36.7 Å². The number of amides is 1.